The molecular formula is C14H25N5. The molecule has 0 aliphatic carbocycles. The monoisotopic (exact) mass is 263 g/mol. The quantitative estimate of drug-likeness (QED) is 0.868. The van der Waals surface area contributed by atoms with Crippen LogP contribution in [0.3, 0.4) is 0 Å². The van der Waals surface area contributed by atoms with Crippen molar-refractivity contribution in [2.24, 2.45) is 0 Å². The van der Waals surface area contributed by atoms with Crippen LogP contribution >= 0.6 is 0 Å². The molecule has 2 heterocycles. The van der Waals surface area contributed by atoms with Gasteiger partial charge in [-0.25, -0.2) is 9.97 Å². The summed E-state index contributed by atoms with van der Waals surface area (Å²) in [5.41, 5.74) is 0.0149. The van der Waals surface area contributed by atoms with E-state index in [2.05, 4.69) is 52.3 Å². The van der Waals surface area contributed by atoms with Gasteiger partial charge < -0.3 is 15.5 Å². The maximum atomic E-state index is 4.43. The molecule has 0 saturated carbocycles. The minimum Gasteiger partial charge on any atom is -0.365 e. The van der Waals surface area contributed by atoms with Gasteiger partial charge in [-0.05, 0) is 40.7 Å². The van der Waals surface area contributed by atoms with E-state index in [9.17, 15) is 0 Å². The normalized spacial score (nSPS) is 19.8. The summed E-state index contributed by atoms with van der Waals surface area (Å²) in [4.78, 5) is 11.1. The SMILES string of the molecule is CNCC1CCCN1c1cc(NC(C)(C)C)ncn1. The summed E-state index contributed by atoms with van der Waals surface area (Å²) in [6.07, 6.45) is 4.11. The highest BCUT2D eigenvalue weighted by atomic mass is 15.2. The van der Waals surface area contributed by atoms with Crippen molar-refractivity contribution in [2.75, 3.05) is 30.4 Å². The Bertz CT molecular complexity index is 413. The molecule has 2 rings (SSSR count). The van der Waals surface area contributed by atoms with Crippen molar-refractivity contribution >= 4 is 11.6 Å². The van der Waals surface area contributed by atoms with E-state index in [-0.39, 0.29) is 5.54 Å². The largest absolute Gasteiger partial charge is 0.365 e. The lowest BCUT2D eigenvalue weighted by Gasteiger charge is -2.27. The third kappa shape index (κ3) is 3.80. The Hall–Kier alpha value is -1.36. The Morgan fingerprint density at radius 3 is 2.84 bits per heavy atom. The van der Waals surface area contributed by atoms with Crippen molar-refractivity contribution in [3.63, 3.8) is 0 Å². The van der Waals surface area contributed by atoms with Crippen molar-refractivity contribution in [1.82, 2.24) is 15.3 Å². The fourth-order valence-electron chi connectivity index (χ4n) is 2.54. The zero-order valence-electron chi connectivity index (χ0n) is 12.4. The lowest BCUT2D eigenvalue weighted by atomic mass is 10.1. The molecule has 19 heavy (non-hydrogen) atoms. The van der Waals surface area contributed by atoms with Crippen LogP contribution in [0.5, 0.6) is 0 Å². The molecule has 5 heteroatoms. The van der Waals surface area contributed by atoms with Gasteiger partial charge in [0.2, 0.25) is 0 Å². The maximum absolute atomic E-state index is 4.43. The summed E-state index contributed by atoms with van der Waals surface area (Å²) in [6, 6.07) is 2.60. The summed E-state index contributed by atoms with van der Waals surface area (Å²) >= 11 is 0. The number of aromatic nitrogens is 2. The second-order valence-electron chi connectivity index (χ2n) is 6.18. The summed E-state index contributed by atoms with van der Waals surface area (Å²) in [7, 11) is 2.00. The fraction of sp³-hybridized carbons (Fsp3) is 0.714. The Balaban J connectivity index is 2.14. The molecule has 2 N–H and O–H groups in total. The average Bonchev–Trinajstić information content (AvgIpc) is 2.76. The Labute approximate surface area is 115 Å². The minimum absolute atomic E-state index is 0.0149. The molecule has 1 aromatic heterocycles. The molecule has 0 radical (unpaired) electrons. The molecular weight excluding hydrogens is 238 g/mol. The van der Waals surface area contributed by atoms with E-state index < -0.39 is 0 Å². The topological polar surface area (TPSA) is 53.1 Å². The van der Waals surface area contributed by atoms with Crippen molar-refractivity contribution < 1.29 is 0 Å². The smallest absolute Gasteiger partial charge is 0.134 e. The van der Waals surface area contributed by atoms with Crippen LogP contribution in [0.2, 0.25) is 0 Å². The zero-order chi connectivity index (χ0) is 13.9. The molecule has 1 saturated heterocycles. The first-order valence-corrected chi connectivity index (χ1v) is 7.01. The molecule has 1 fully saturated rings. The first-order valence-electron chi connectivity index (χ1n) is 7.01. The third-order valence-corrected chi connectivity index (χ3v) is 3.27. The number of hydrogen-bond acceptors (Lipinski definition) is 5. The highest BCUT2D eigenvalue weighted by Gasteiger charge is 2.25. The summed E-state index contributed by atoms with van der Waals surface area (Å²) in [5, 5.41) is 6.66. The minimum atomic E-state index is 0.0149. The van der Waals surface area contributed by atoms with Crippen molar-refractivity contribution in [3.05, 3.63) is 12.4 Å². The summed E-state index contributed by atoms with van der Waals surface area (Å²) in [6.45, 7) is 8.49. The Morgan fingerprint density at radius 2 is 2.16 bits per heavy atom. The first kappa shape index (κ1) is 14.1. The summed E-state index contributed by atoms with van der Waals surface area (Å²) in [5.74, 6) is 1.92. The van der Waals surface area contributed by atoms with E-state index in [0.29, 0.717) is 6.04 Å². The van der Waals surface area contributed by atoms with Gasteiger partial charge in [0, 0.05) is 30.7 Å². The lowest BCUT2D eigenvalue weighted by Crippen LogP contribution is -2.37. The molecule has 0 spiro atoms. The van der Waals surface area contributed by atoms with Crippen LogP contribution in [0.4, 0.5) is 11.6 Å². The van der Waals surface area contributed by atoms with Gasteiger partial charge in [-0.15, -0.1) is 0 Å². The molecule has 5 nitrogen and oxygen atoms in total. The molecule has 1 unspecified atom stereocenters. The van der Waals surface area contributed by atoms with Gasteiger partial charge in [0.1, 0.15) is 18.0 Å². The van der Waals surface area contributed by atoms with Crippen LogP contribution in [0.1, 0.15) is 33.6 Å². The predicted molar refractivity (Wildman–Crippen MR) is 79.7 cm³/mol. The molecule has 1 aliphatic rings. The number of anilines is 2. The standard InChI is InChI=1S/C14H25N5/c1-14(2,3)18-12-8-13(17-10-16-12)19-7-5-6-11(19)9-15-4/h8,10-11,15H,5-7,9H2,1-4H3,(H,16,17,18). The molecule has 0 amide bonds. The van der Waals surface area contributed by atoms with Crippen molar-refractivity contribution in [2.45, 2.75) is 45.2 Å². The maximum Gasteiger partial charge on any atom is 0.134 e. The van der Waals surface area contributed by atoms with E-state index in [1.54, 1.807) is 6.33 Å². The number of nitrogens with zero attached hydrogens (tertiary/aromatic N) is 3. The number of nitrogens with one attached hydrogen (secondary N) is 2. The van der Waals surface area contributed by atoms with E-state index in [0.717, 1.165) is 24.7 Å². The summed E-state index contributed by atoms with van der Waals surface area (Å²) < 4.78 is 0. The van der Waals surface area contributed by atoms with E-state index >= 15 is 0 Å². The average molecular weight is 263 g/mol. The van der Waals surface area contributed by atoms with Crippen LogP contribution in [-0.4, -0.2) is 41.7 Å². The molecule has 0 bridgehead atoms. The van der Waals surface area contributed by atoms with Gasteiger partial charge in [-0.3, -0.25) is 0 Å². The van der Waals surface area contributed by atoms with Gasteiger partial charge in [0.15, 0.2) is 0 Å². The van der Waals surface area contributed by atoms with Gasteiger partial charge in [0.05, 0.1) is 0 Å². The van der Waals surface area contributed by atoms with Crippen LogP contribution in [0.15, 0.2) is 12.4 Å². The predicted octanol–water partition coefficient (Wildman–Crippen LogP) is 1.88. The van der Waals surface area contributed by atoms with Gasteiger partial charge >= 0.3 is 0 Å². The molecule has 1 aromatic rings. The van der Waals surface area contributed by atoms with E-state index in [1.165, 1.54) is 12.8 Å². The van der Waals surface area contributed by atoms with Crippen molar-refractivity contribution in [1.29, 1.82) is 0 Å². The van der Waals surface area contributed by atoms with Crippen LogP contribution in [0, 0.1) is 0 Å². The lowest BCUT2D eigenvalue weighted by molar-refractivity contribution is 0.610. The Kier molecular flexibility index (Phi) is 4.24. The number of hydrogen-bond donors (Lipinski definition) is 2. The van der Waals surface area contributed by atoms with Crippen LogP contribution in [-0.2, 0) is 0 Å². The van der Waals surface area contributed by atoms with Crippen molar-refractivity contribution in [3.8, 4) is 0 Å². The van der Waals surface area contributed by atoms with Gasteiger partial charge in [-0.1, -0.05) is 0 Å². The van der Waals surface area contributed by atoms with E-state index in [4.69, 9.17) is 0 Å². The van der Waals surface area contributed by atoms with E-state index in [1.807, 2.05) is 7.05 Å². The molecule has 1 atom stereocenters. The first-order chi connectivity index (χ1) is 8.99. The number of likely N-dealkylation sites (N-methyl/N-ethyl adjacent to an activating group) is 1. The second-order valence-corrected chi connectivity index (χ2v) is 6.18. The third-order valence-electron chi connectivity index (χ3n) is 3.27. The fourth-order valence-corrected chi connectivity index (χ4v) is 2.54. The number of rotatable bonds is 4. The zero-order valence-corrected chi connectivity index (χ0v) is 12.4. The van der Waals surface area contributed by atoms with Gasteiger partial charge in [-0.2, -0.15) is 0 Å². The second kappa shape index (κ2) is 5.74. The highest BCUT2D eigenvalue weighted by molar-refractivity contribution is 5.50. The van der Waals surface area contributed by atoms with Crippen LogP contribution in [0.25, 0.3) is 0 Å². The molecule has 1 aliphatic heterocycles. The molecule has 0 aromatic carbocycles. The van der Waals surface area contributed by atoms with Crippen LogP contribution < -0.4 is 15.5 Å². The Morgan fingerprint density at radius 1 is 1.37 bits per heavy atom. The molecule has 106 valence electrons. The highest BCUT2D eigenvalue weighted by Crippen LogP contribution is 2.25. The van der Waals surface area contributed by atoms with Gasteiger partial charge in [0.25, 0.3) is 0 Å².